The largest absolute Gasteiger partial charge is 0.396 e. The van der Waals surface area contributed by atoms with Crippen molar-refractivity contribution in [2.24, 2.45) is 10.9 Å². The topological polar surface area (TPSA) is 59.9 Å². The summed E-state index contributed by atoms with van der Waals surface area (Å²) in [6, 6.07) is 0.629. The van der Waals surface area contributed by atoms with Gasteiger partial charge in [0.15, 0.2) is 5.96 Å². The minimum absolute atomic E-state index is 0.190. The molecule has 5 heteroatoms. The summed E-state index contributed by atoms with van der Waals surface area (Å²) in [6.45, 7) is 11.3. The zero-order valence-corrected chi connectivity index (χ0v) is 12.7. The van der Waals surface area contributed by atoms with E-state index < -0.39 is 0 Å². The van der Waals surface area contributed by atoms with Crippen LogP contribution in [0, 0.1) is 5.92 Å². The van der Waals surface area contributed by atoms with Gasteiger partial charge in [-0.3, -0.25) is 9.89 Å². The molecule has 0 spiro atoms. The quantitative estimate of drug-likeness (QED) is 0.470. The van der Waals surface area contributed by atoms with E-state index in [9.17, 15) is 0 Å². The highest BCUT2D eigenvalue weighted by atomic mass is 16.3. The van der Waals surface area contributed by atoms with Gasteiger partial charge in [0.05, 0.1) is 0 Å². The van der Waals surface area contributed by atoms with Crippen LogP contribution >= 0.6 is 0 Å². The number of aliphatic hydroxyl groups excluding tert-OH is 1. The van der Waals surface area contributed by atoms with Crippen LogP contribution in [0.15, 0.2) is 4.99 Å². The van der Waals surface area contributed by atoms with E-state index in [1.165, 1.54) is 19.4 Å². The molecule has 0 bridgehead atoms. The Bertz CT molecular complexity index is 270. The third-order valence-corrected chi connectivity index (χ3v) is 3.63. The van der Waals surface area contributed by atoms with Gasteiger partial charge in [-0.25, -0.2) is 0 Å². The maximum Gasteiger partial charge on any atom is 0.191 e. The fourth-order valence-corrected chi connectivity index (χ4v) is 2.40. The van der Waals surface area contributed by atoms with Crippen LogP contribution in [0.5, 0.6) is 0 Å². The molecule has 0 aromatic heterocycles. The zero-order chi connectivity index (χ0) is 14.1. The summed E-state index contributed by atoms with van der Waals surface area (Å²) in [5.41, 5.74) is 0. The molecular weight excluding hydrogens is 240 g/mol. The number of nitrogens with one attached hydrogen (secondary N) is 2. The second-order valence-corrected chi connectivity index (χ2v) is 5.31. The molecule has 0 aromatic carbocycles. The molecule has 19 heavy (non-hydrogen) atoms. The Balaban J connectivity index is 2.40. The van der Waals surface area contributed by atoms with Gasteiger partial charge in [-0.05, 0) is 38.8 Å². The summed E-state index contributed by atoms with van der Waals surface area (Å²) in [5, 5.41) is 15.7. The average molecular weight is 270 g/mol. The van der Waals surface area contributed by atoms with Crippen molar-refractivity contribution in [3.8, 4) is 0 Å². The van der Waals surface area contributed by atoms with Crippen molar-refractivity contribution in [3.63, 3.8) is 0 Å². The Morgan fingerprint density at radius 3 is 2.84 bits per heavy atom. The van der Waals surface area contributed by atoms with E-state index in [0.717, 1.165) is 25.6 Å². The van der Waals surface area contributed by atoms with Crippen LogP contribution in [0.1, 0.15) is 33.6 Å². The normalized spacial score (nSPS) is 22.5. The summed E-state index contributed by atoms with van der Waals surface area (Å²) in [6.07, 6.45) is 2.57. The van der Waals surface area contributed by atoms with Crippen molar-refractivity contribution < 1.29 is 5.11 Å². The molecule has 2 atom stereocenters. The van der Waals surface area contributed by atoms with Gasteiger partial charge >= 0.3 is 0 Å². The van der Waals surface area contributed by atoms with Crippen LogP contribution in [-0.4, -0.2) is 61.3 Å². The number of hydrogen-bond acceptors (Lipinski definition) is 3. The Hall–Kier alpha value is -0.810. The molecular formula is C14H30N4O. The lowest BCUT2D eigenvalue weighted by Gasteiger charge is -2.24. The first-order valence-corrected chi connectivity index (χ1v) is 7.58. The molecule has 1 rings (SSSR count). The third kappa shape index (κ3) is 5.78. The van der Waals surface area contributed by atoms with Gasteiger partial charge in [0, 0.05) is 32.3 Å². The van der Waals surface area contributed by atoms with E-state index in [2.05, 4.69) is 34.4 Å². The molecule has 1 aliphatic heterocycles. The van der Waals surface area contributed by atoms with Crippen molar-refractivity contribution in [3.05, 3.63) is 0 Å². The number of aliphatic hydroxyl groups is 1. The number of nitrogens with zero attached hydrogens (tertiary/aromatic N) is 2. The standard InChI is InChI=1S/C14H30N4O/c1-4-15-14(16-9-12(3)11-19)17-10-13-7-6-8-18(13)5-2/h12-13,19H,4-11H2,1-3H3,(H2,15,16,17). The van der Waals surface area contributed by atoms with Crippen LogP contribution < -0.4 is 10.6 Å². The van der Waals surface area contributed by atoms with Gasteiger partial charge in [0.2, 0.25) is 0 Å². The third-order valence-electron chi connectivity index (χ3n) is 3.63. The van der Waals surface area contributed by atoms with Crippen LogP contribution in [0.2, 0.25) is 0 Å². The Kier molecular flexibility index (Phi) is 7.82. The molecule has 1 fully saturated rings. The van der Waals surface area contributed by atoms with Crippen molar-refractivity contribution >= 4 is 5.96 Å². The van der Waals surface area contributed by atoms with E-state index in [-0.39, 0.29) is 12.5 Å². The van der Waals surface area contributed by atoms with Crippen molar-refractivity contribution in [2.45, 2.75) is 39.7 Å². The molecule has 1 heterocycles. The first kappa shape index (κ1) is 16.2. The fourth-order valence-electron chi connectivity index (χ4n) is 2.40. The second kappa shape index (κ2) is 9.15. The Labute approximate surface area is 117 Å². The lowest BCUT2D eigenvalue weighted by Crippen LogP contribution is -2.45. The lowest BCUT2D eigenvalue weighted by molar-refractivity contribution is 0.241. The van der Waals surface area contributed by atoms with E-state index in [1.807, 2.05) is 6.92 Å². The first-order chi connectivity index (χ1) is 9.21. The minimum atomic E-state index is 0.190. The molecule has 112 valence electrons. The van der Waals surface area contributed by atoms with Gasteiger partial charge in [0.1, 0.15) is 0 Å². The Morgan fingerprint density at radius 1 is 1.42 bits per heavy atom. The monoisotopic (exact) mass is 270 g/mol. The van der Waals surface area contributed by atoms with E-state index in [1.54, 1.807) is 0 Å². The van der Waals surface area contributed by atoms with Crippen LogP contribution in [-0.2, 0) is 0 Å². The summed E-state index contributed by atoms with van der Waals surface area (Å²) in [5.74, 6) is 1.08. The number of guanidine groups is 1. The van der Waals surface area contributed by atoms with Crippen molar-refractivity contribution in [2.75, 3.05) is 39.3 Å². The first-order valence-electron chi connectivity index (χ1n) is 7.58. The van der Waals surface area contributed by atoms with Gasteiger partial charge in [-0.2, -0.15) is 0 Å². The SMILES string of the molecule is CCNC(=NCC(C)CO)NCC1CCCN1CC. The summed E-state index contributed by atoms with van der Waals surface area (Å²) >= 11 is 0. The van der Waals surface area contributed by atoms with Crippen molar-refractivity contribution in [1.82, 2.24) is 15.5 Å². The summed E-state index contributed by atoms with van der Waals surface area (Å²) in [7, 11) is 0. The smallest absolute Gasteiger partial charge is 0.191 e. The highest BCUT2D eigenvalue weighted by molar-refractivity contribution is 5.79. The second-order valence-electron chi connectivity index (χ2n) is 5.31. The molecule has 0 aliphatic carbocycles. The molecule has 5 nitrogen and oxygen atoms in total. The van der Waals surface area contributed by atoms with Gasteiger partial charge in [-0.1, -0.05) is 13.8 Å². The maximum atomic E-state index is 9.03. The summed E-state index contributed by atoms with van der Waals surface area (Å²) < 4.78 is 0. The molecule has 0 amide bonds. The fraction of sp³-hybridized carbons (Fsp3) is 0.929. The molecule has 1 saturated heterocycles. The van der Waals surface area contributed by atoms with E-state index >= 15 is 0 Å². The van der Waals surface area contributed by atoms with Crippen molar-refractivity contribution in [1.29, 1.82) is 0 Å². The van der Waals surface area contributed by atoms with Gasteiger partial charge in [-0.15, -0.1) is 0 Å². The minimum Gasteiger partial charge on any atom is -0.396 e. The number of rotatable bonds is 7. The zero-order valence-electron chi connectivity index (χ0n) is 12.7. The van der Waals surface area contributed by atoms with Crippen LogP contribution in [0.3, 0.4) is 0 Å². The van der Waals surface area contributed by atoms with Crippen LogP contribution in [0.4, 0.5) is 0 Å². The van der Waals surface area contributed by atoms with E-state index in [0.29, 0.717) is 12.6 Å². The number of aliphatic imine (C=N–C) groups is 1. The molecule has 0 aromatic rings. The average Bonchev–Trinajstić information content (AvgIpc) is 2.88. The number of likely N-dealkylation sites (tertiary alicyclic amines) is 1. The number of hydrogen-bond donors (Lipinski definition) is 3. The highest BCUT2D eigenvalue weighted by Crippen LogP contribution is 2.15. The lowest BCUT2D eigenvalue weighted by atomic mass is 10.2. The Morgan fingerprint density at radius 2 is 2.21 bits per heavy atom. The van der Waals surface area contributed by atoms with Gasteiger partial charge in [0.25, 0.3) is 0 Å². The highest BCUT2D eigenvalue weighted by Gasteiger charge is 2.22. The molecule has 2 unspecified atom stereocenters. The van der Waals surface area contributed by atoms with E-state index in [4.69, 9.17) is 5.11 Å². The molecule has 0 radical (unpaired) electrons. The van der Waals surface area contributed by atoms with Gasteiger partial charge < -0.3 is 15.7 Å². The molecule has 0 saturated carbocycles. The number of likely N-dealkylation sites (N-methyl/N-ethyl adjacent to an activating group) is 1. The maximum absolute atomic E-state index is 9.03. The predicted octanol–water partition coefficient (Wildman–Crippen LogP) is 0.654. The van der Waals surface area contributed by atoms with Crippen LogP contribution in [0.25, 0.3) is 0 Å². The summed E-state index contributed by atoms with van der Waals surface area (Å²) in [4.78, 5) is 7.03. The molecule has 3 N–H and O–H groups in total. The molecule has 1 aliphatic rings. The predicted molar refractivity (Wildman–Crippen MR) is 80.5 cm³/mol.